The molecule has 0 heterocycles. The number of rotatable bonds is 6. The summed E-state index contributed by atoms with van der Waals surface area (Å²) >= 11 is 3.45. The molecular weight excluding hydrogens is 408 g/mol. The number of ether oxygens (including phenoxy) is 3. The normalized spacial score (nSPS) is 10.3. The molecule has 0 aromatic heterocycles. The van der Waals surface area contributed by atoms with Gasteiger partial charge in [0.15, 0.2) is 18.1 Å². The Kier molecular flexibility index (Phi) is 6.00. The summed E-state index contributed by atoms with van der Waals surface area (Å²) in [6, 6.07) is 17.4. The molecule has 0 atom stereocenters. The number of fused-ring (bicyclic) bond motifs is 1. The maximum Gasteiger partial charge on any atom is 0.339 e. The number of esters is 1. The van der Waals surface area contributed by atoms with Gasteiger partial charge in [-0.25, -0.2) is 4.79 Å². The highest BCUT2D eigenvalue weighted by molar-refractivity contribution is 9.10. The molecule has 0 aliphatic carbocycles. The summed E-state index contributed by atoms with van der Waals surface area (Å²) in [6.45, 7) is 0.273. The molecule has 0 fully saturated rings. The summed E-state index contributed by atoms with van der Waals surface area (Å²) in [6.07, 6.45) is 5.12. The van der Waals surface area contributed by atoms with Crippen LogP contribution in [0.4, 0.5) is 0 Å². The number of benzene rings is 3. The minimum atomic E-state index is -0.521. The van der Waals surface area contributed by atoms with Crippen LogP contribution in [-0.4, -0.2) is 19.7 Å². The van der Waals surface area contributed by atoms with E-state index >= 15 is 0 Å². The molecule has 0 spiro atoms. The minimum absolute atomic E-state index is 0.0852. The second-order valence-electron chi connectivity index (χ2n) is 5.70. The zero-order valence-corrected chi connectivity index (χ0v) is 16.3. The summed E-state index contributed by atoms with van der Waals surface area (Å²) in [5.74, 6) is 2.69. The average Bonchev–Trinajstić information content (AvgIpc) is 2.70. The van der Waals surface area contributed by atoms with Crippen LogP contribution < -0.4 is 9.47 Å². The predicted octanol–water partition coefficient (Wildman–Crippen LogP) is 4.98. The quantitative estimate of drug-likeness (QED) is 0.413. The van der Waals surface area contributed by atoms with E-state index in [2.05, 4.69) is 40.0 Å². The molecule has 0 saturated carbocycles. The topological polar surface area (TPSA) is 44.8 Å². The molecule has 4 nitrogen and oxygen atoms in total. The molecule has 5 heteroatoms. The van der Waals surface area contributed by atoms with Crippen molar-refractivity contribution in [2.75, 3.05) is 13.7 Å². The van der Waals surface area contributed by atoms with Crippen LogP contribution in [0.2, 0.25) is 0 Å². The van der Waals surface area contributed by atoms with E-state index in [4.69, 9.17) is 20.6 Å². The van der Waals surface area contributed by atoms with Crippen molar-refractivity contribution in [2.45, 2.75) is 6.61 Å². The Labute approximate surface area is 166 Å². The monoisotopic (exact) mass is 424 g/mol. The molecule has 0 radical (unpaired) electrons. The van der Waals surface area contributed by atoms with Gasteiger partial charge in [-0.15, -0.1) is 6.42 Å². The number of halogens is 1. The van der Waals surface area contributed by atoms with Crippen molar-refractivity contribution in [3.05, 3.63) is 70.2 Å². The molecule has 136 valence electrons. The first-order chi connectivity index (χ1) is 13.1. The third-order valence-electron chi connectivity index (χ3n) is 4.00. The van der Waals surface area contributed by atoms with E-state index in [-0.39, 0.29) is 6.61 Å². The zero-order chi connectivity index (χ0) is 19.2. The number of methoxy groups -OCH3 is 1. The van der Waals surface area contributed by atoms with Gasteiger partial charge in [-0.1, -0.05) is 48.4 Å². The van der Waals surface area contributed by atoms with Crippen LogP contribution in [0, 0.1) is 12.3 Å². The summed E-state index contributed by atoms with van der Waals surface area (Å²) in [7, 11) is 1.52. The molecule has 0 aliphatic heterocycles. The maximum atomic E-state index is 12.0. The average molecular weight is 425 g/mol. The van der Waals surface area contributed by atoms with Gasteiger partial charge in [0.25, 0.3) is 0 Å². The van der Waals surface area contributed by atoms with Crippen molar-refractivity contribution in [3.63, 3.8) is 0 Å². The smallest absolute Gasteiger partial charge is 0.339 e. The van der Waals surface area contributed by atoms with Gasteiger partial charge in [-0.2, -0.15) is 0 Å². The second-order valence-corrected chi connectivity index (χ2v) is 6.55. The number of terminal acetylenes is 1. The third-order valence-corrected chi connectivity index (χ3v) is 4.59. The van der Waals surface area contributed by atoms with Crippen LogP contribution in [-0.2, 0) is 11.3 Å². The lowest BCUT2D eigenvalue weighted by molar-refractivity contribution is 0.0556. The molecule has 27 heavy (non-hydrogen) atoms. The van der Waals surface area contributed by atoms with E-state index in [1.807, 2.05) is 24.3 Å². The van der Waals surface area contributed by atoms with E-state index in [0.29, 0.717) is 28.1 Å². The molecule has 3 aromatic rings. The van der Waals surface area contributed by atoms with E-state index in [0.717, 1.165) is 16.3 Å². The van der Waals surface area contributed by atoms with Crippen LogP contribution in [0.5, 0.6) is 11.5 Å². The molecule has 0 amide bonds. The van der Waals surface area contributed by atoms with Crippen molar-refractivity contribution in [2.24, 2.45) is 0 Å². The van der Waals surface area contributed by atoms with Gasteiger partial charge in [0.05, 0.1) is 17.1 Å². The third kappa shape index (κ3) is 4.24. The Morgan fingerprint density at radius 2 is 1.93 bits per heavy atom. The molecule has 0 bridgehead atoms. The van der Waals surface area contributed by atoms with Crippen molar-refractivity contribution < 1.29 is 19.0 Å². The molecule has 0 aliphatic rings. The lowest BCUT2D eigenvalue weighted by Crippen LogP contribution is -2.07. The van der Waals surface area contributed by atoms with Gasteiger partial charge in [-0.3, -0.25) is 0 Å². The van der Waals surface area contributed by atoms with Crippen molar-refractivity contribution in [3.8, 4) is 23.8 Å². The Morgan fingerprint density at radius 3 is 2.70 bits per heavy atom. The van der Waals surface area contributed by atoms with Gasteiger partial charge in [-0.05, 0) is 44.4 Å². The van der Waals surface area contributed by atoms with Gasteiger partial charge < -0.3 is 14.2 Å². The maximum absolute atomic E-state index is 12.0. The Hall–Kier alpha value is -2.97. The summed E-state index contributed by atoms with van der Waals surface area (Å²) in [4.78, 5) is 12.0. The van der Waals surface area contributed by atoms with Crippen LogP contribution >= 0.6 is 15.9 Å². The van der Waals surface area contributed by atoms with Gasteiger partial charge in [0.1, 0.15) is 6.61 Å². The Morgan fingerprint density at radius 1 is 1.15 bits per heavy atom. The van der Waals surface area contributed by atoms with Gasteiger partial charge in [0, 0.05) is 0 Å². The number of carbonyl (C=O) groups excluding carboxylic acids is 1. The summed E-state index contributed by atoms with van der Waals surface area (Å²) in [5.41, 5.74) is 1.38. The fourth-order valence-corrected chi connectivity index (χ4v) is 3.29. The molecule has 3 rings (SSSR count). The first kappa shape index (κ1) is 18.8. The Balaban J connectivity index is 1.86. The zero-order valence-electron chi connectivity index (χ0n) is 14.7. The van der Waals surface area contributed by atoms with Crippen LogP contribution in [0.15, 0.2) is 59.1 Å². The van der Waals surface area contributed by atoms with Crippen molar-refractivity contribution >= 4 is 32.7 Å². The lowest BCUT2D eigenvalue weighted by atomic mass is 10.1. The number of hydrogen-bond donors (Lipinski definition) is 0. The first-order valence-electron chi connectivity index (χ1n) is 8.21. The molecule has 3 aromatic carbocycles. The highest BCUT2D eigenvalue weighted by atomic mass is 79.9. The lowest BCUT2D eigenvalue weighted by Gasteiger charge is -2.15. The standard InChI is InChI=1S/C22H17BrO4/c1-3-11-26-22(24)17-12-19(23)21(20(13-17)25-2)27-14-16-9-6-8-15-7-4-5-10-18(15)16/h1,4-10,12-13H,11,14H2,2H3. The predicted molar refractivity (Wildman–Crippen MR) is 108 cm³/mol. The minimum Gasteiger partial charge on any atom is -0.493 e. The Bertz CT molecular complexity index is 1020. The van der Waals surface area contributed by atoms with E-state index in [1.54, 1.807) is 12.1 Å². The SMILES string of the molecule is C#CCOC(=O)c1cc(Br)c(OCc2cccc3ccccc23)c(OC)c1. The second kappa shape index (κ2) is 8.61. The highest BCUT2D eigenvalue weighted by Gasteiger charge is 2.17. The van der Waals surface area contributed by atoms with Gasteiger partial charge in [0.2, 0.25) is 0 Å². The van der Waals surface area contributed by atoms with E-state index in [1.165, 1.54) is 7.11 Å². The van der Waals surface area contributed by atoms with Crippen LogP contribution in [0.1, 0.15) is 15.9 Å². The van der Waals surface area contributed by atoms with E-state index < -0.39 is 5.97 Å². The van der Waals surface area contributed by atoms with Crippen molar-refractivity contribution in [1.29, 1.82) is 0 Å². The fourth-order valence-electron chi connectivity index (χ4n) is 2.74. The molecular formula is C22H17BrO4. The molecule has 0 saturated heterocycles. The fraction of sp³-hybridized carbons (Fsp3) is 0.136. The largest absolute Gasteiger partial charge is 0.493 e. The molecule has 0 N–H and O–H groups in total. The summed E-state index contributed by atoms with van der Waals surface area (Å²) in [5, 5.41) is 2.28. The summed E-state index contributed by atoms with van der Waals surface area (Å²) < 4.78 is 17.0. The molecule has 0 unspecified atom stereocenters. The van der Waals surface area contributed by atoms with Crippen LogP contribution in [0.25, 0.3) is 10.8 Å². The highest BCUT2D eigenvalue weighted by Crippen LogP contribution is 2.37. The number of hydrogen-bond acceptors (Lipinski definition) is 4. The number of carbonyl (C=O) groups is 1. The van der Waals surface area contributed by atoms with Gasteiger partial charge >= 0.3 is 5.97 Å². The first-order valence-corrected chi connectivity index (χ1v) is 9.01. The van der Waals surface area contributed by atoms with E-state index in [9.17, 15) is 4.79 Å². The van der Waals surface area contributed by atoms with Crippen LogP contribution in [0.3, 0.4) is 0 Å². The van der Waals surface area contributed by atoms with Crippen molar-refractivity contribution in [1.82, 2.24) is 0 Å².